The van der Waals surface area contributed by atoms with Gasteiger partial charge in [0.25, 0.3) is 0 Å². The van der Waals surface area contributed by atoms with Gasteiger partial charge in [0.2, 0.25) is 0 Å². The monoisotopic (exact) mass is 322 g/mol. The van der Waals surface area contributed by atoms with Crippen molar-refractivity contribution in [3.8, 4) is 0 Å². The average Bonchev–Trinajstić information content (AvgIpc) is 3.03. The van der Waals surface area contributed by atoms with Crippen molar-refractivity contribution in [2.75, 3.05) is 5.32 Å². The molecule has 23 heavy (non-hydrogen) atoms. The number of hydrogen-bond donors (Lipinski definition) is 2. The minimum Gasteiger partial charge on any atom is -0.478 e. The largest absolute Gasteiger partial charge is 0.478 e. The fourth-order valence-corrected chi connectivity index (χ4v) is 3.89. The number of thioether (sulfide) groups is 1. The molecular weight excluding hydrogens is 308 g/mol. The third kappa shape index (κ3) is 2.53. The number of carboxylic acid groups (broad SMARTS) is 1. The van der Waals surface area contributed by atoms with Crippen LogP contribution in [0.1, 0.15) is 21.6 Å². The molecular formula is C18H14N2O2S. The summed E-state index contributed by atoms with van der Waals surface area (Å²) in [7, 11) is 0. The van der Waals surface area contributed by atoms with E-state index in [2.05, 4.69) is 11.4 Å². The second kappa shape index (κ2) is 5.59. The molecule has 4 rings (SSSR count). The number of nitrogens with one attached hydrogen (secondary N) is 1. The minimum atomic E-state index is -0.922. The Morgan fingerprint density at radius 3 is 2.87 bits per heavy atom. The average molecular weight is 322 g/mol. The Morgan fingerprint density at radius 1 is 1.13 bits per heavy atom. The Balaban J connectivity index is 1.85. The Kier molecular flexibility index (Phi) is 3.42. The Hall–Kier alpha value is -2.53. The first-order chi connectivity index (χ1) is 11.2. The summed E-state index contributed by atoms with van der Waals surface area (Å²) in [6.07, 6.45) is 0. The predicted molar refractivity (Wildman–Crippen MR) is 93.4 cm³/mol. The van der Waals surface area contributed by atoms with Gasteiger partial charge in [-0.2, -0.15) is 11.8 Å². The normalized spacial score (nSPS) is 13.0. The van der Waals surface area contributed by atoms with Crippen LogP contribution in [-0.2, 0) is 11.5 Å². The molecule has 1 aliphatic rings. The van der Waals surface area contributed by atoms with Crippen LogP contribution in [0.15, 0.2) is 48.5 Å². The van der Waals surface area contributed by atoms with Crippen LogP contribution in [0.25, 0.3) is 10.9 Å². The molecule has 2 aromatic carbocycles. The van der Waals surface area contributed by atoms with Gasteiger partial charge in [0, 0.05) is 28.1 Å². The zero-order valence-electron chi connectivity index (χ0n) is 12.2. The summed E-state index contributed by atoms with van der Waals surface area (Å²) in [5, 5.41) is 13.7. The molecule has 1 aliphatic heterocycles. The molecule has 0 spiro atoms. The van der Waals surface area contributed by atoms with Crippen LogP contribution in [0.5, 0.6) is 0 Å². The second-order valence-electron chi connectivity index (χ2n) is 5.43. The topological polar surface area (TPSA) is 62.2 Å². The number of aromatic carboxylic acids is 1. The molecule has 0 saturated heterocycles. The quantitative estimate of drug-likeness (QED) is 0.747. The smallest absolute Gasteiger partial charge is 0.335 e. The number of nitrogens with zero attached hydrogens (tertiary/aromatic N) is 1. The molecule has 0 unspecified atom stereocenters. The van der Waals surface area contributed by atoms with Gasteiger partial charge in [-0.15, -0.1) is 0 Å². The van der Waals surface area contributed by atoms with Crippen LogP contribution in [-0.4, -0.2) is 16.1 Å². The highest BCUT2D eigenvalue weighted by Crippen LogP contribution is 2.39. The van der Waals surface area contributed by atoms with E-state index in [0.717, 1.165) is 39.5 Å². The van der Waals surface area contributed by atoms with Crippen molar-refractivity contribution < 1.29 is 9.90 Å². The standard InChI is InChI=1S/C18H14N2O2S/c21-18(22)11-4-3-5-12(8-11)19-17-13-6-1-2-7-15(13)20-16-10-23-9-14(16)17/h1-8H,9-10H2,(H,19,20)(H,21,22). The molecule has 2 heterocycles. The first-order valence-corrected chi connectivity index (χ1v) is 8.46. The molecule has 1 aromatic heterocycles. The lowest BCUT2D eigenvalue weighted by molar-refractivity contribution is 0.0697. The molecule has 4 nitrogen and oxygen atoms in total. The maximum Gasteiger partial charge on any atom is 0.335 e. The fourth-order valence-electron chi connectivity index (χ4n) is 2.84. The van der Waals surface area contributed by atoms with Crippen molar-refractivity contribution in [1.82, 2.24) is 4.98 Å². The van der Waals surface area contributed by atoms with E-state index < -0.39 is 5.97 Å². The lowest BCUT2D eigenvalue weighted by atomic mass is 10.1. The zero-order valence-corrected chi connectivity index (χ0v) is 13.1. The number of benzene rings is 2. The maximum atomic E-state index is 11.2. The van der Waals surface area contributed by atoms with Gasteiger partial charge in [0.05, 0.1) is 22.5 Å². The van der Waals surface area contributed by atoms with Crippen molar-refractivity contribution >= 4 is 40.0 Å². The highest BCUT2D eigenvalue weighted by atomic mass is 32.2. The zero-order chi connectivity index (χ0) is 15.8. The molecule has 0 saturated carbocycles. The van der Waals surface area contributed by atoms with Gasteiger partial charge in [-0.25, -0.2) is 4.79 Å². The van der Waals surface area contributed by atoms with Crippen LogP contribution in [0, 0.1) is 0 Å². The predicted octanol–water partition coefficient (Wildman–Crippen LogP) is 4.42. The van der Waals surface area contributed by atoms with Crippen molar-refractivity contribution in [3.05, 3.63) is 65.4 Å². The van der Waals surface area contributed by atoms with Gasteiger partial charge in [0.15, 0.2) is 0 Å². The molecule has 2 N–H and O–H groups in total. The molecule has 114 valence electrons. The summed E-state index contributed by atoms with van der Waals surface area (Å²) >= 11 is 1.85. The molecule has 0 fully saturated rings. The van der Waals surface area contributed by atoms with E-state index in [1.54, 1.807) is 18.2 Å². The maximum absolute atomic E-state index is 11.2. The molecule has 0 atom stereocenters. The second-order valence-corrected chi connectivity index (χ2v) is 6.42. The van der Waals surface area contributed by atoms with Gasteiger partial charge in [0.1, 0.15) is 0 Å². The van der Waals surface area contributed by atoms with Crippen molar-refractivity contribution in [1.29, 1.82) is 0 Å². The lowest BCUT2D eigenvalue weighted by Gasteiger charge is -2.14. The van der Waals surface area contributed by atoms with Crippen LogP contribution in [0.2, 0.25) is 0 Å². The highest BCUT2D eigenvalue weighted by molar-refractivity contribution is 7.98. The number of carbonyl (C=O) groups is 1. The van der Waals surface area contributed by atoms with E-state index in [4.69, 9.17) is 10.1 Å². The Morgan fingerprint density at radius 2 is 2.00 bits per heavy atom. The summed E-state index contributed by atoms with van der Waals surface area (Å²) < 4.78 is 0. The van der Waals surface area contributed by atoms with Crippen molar-refractivity contribution in [3.63, 3.8) is 0 Å². The minimum absolute atomic E-state index is 0.277. The van der Waals surface area contributed by atoms with Crippen molar-refractivity contribution in [2.24, 2.45) is 0 Å². The molecule has 0 amide bonds. The fraction of sp³-hybridized carbons (Fsp3) is 0.111. The van der Waals surface area contributed by atoms with Crippen molar-refractivity contribution in [2.45, 2.75) is 11.5 Å². The number of carboxylic acids is 1. The first-order valence-electron chi connectivity index (χ1n) is 7.31. The van der Waals surface area contributed by atoms with E-state index in [0.29, 0.717) is 0 Å². The molecule has 0 radical (unpaired) electrons. The van der Waals surface area contributed by atoms with Crippen LogP contribution >= 0.6 is 11.8 Å². The van der Waals surface area contributed by atoms with E-state index in [-0.39, 0.29) is 5.56 Å². The van der Waals surface area contributed by atoms with E-state index >= 15 is 0 Å². The highest BCUT2D eigenvalue weighted by Gasteiger charge is 2.20. The number of para-hydroxylation sites is 1. The third-order valence-corrected chi connectivity index (χ3v) is 4.91. The van der Waals surface area contributed by atoms with Gasteiger partial charge in [-0.05, 0) is 24.3 Å². The molecule has 3 aromatic rings. The number of rotatable bonds is 3. The van der Waals surface area contributed by atoms with Gasteiger partial charge >= 0.3 is 5.97 Å². The Labute approximate surface area is 137 Å². The van der Waals surface area contributed by atoms with E-state index in [1.165, 1.54) is 5.56 Å². The summed E-state index contributed by atoms with van der Waals surface area (Å²) in [4.78, 5) is 15.9. The molecule has 0 aliphatic carbocycles. The summed E-state index contributed by atoms with van der Waals surface area (Å²) in [6, 6.07) is 14.9. The number of fused-ring (bicyclic) bond motifs is 2. The molecule has 0 bridgehead atoms. The van der Waals surface area contributed by atoms with Gasteiger partial charge < -0.3 is 10.4 Å². The SMILES string of the molecule is O=C(O)c1cccc(Nc2c3c(nc4ccccc24)CSC3)c1. The van der Waals surface area contributed by atoms with E-state index in [1.807, 2.05) is 36.0 Å². The number of anilines is 2. The summed E-state index contributed by atoms with van der Waals surface area (Å²) in [5.41, 5.74) is 5.39. The number of pyridine rings is 1. The van der Waals surface area contributed by atoms with Gasteiger partial charge in [-0.1, -0.05) is 24.3 Å². The summed E-state index contributed by atoms with van der Waals surface area (Å²) in [6.45, 7) is 0. The Bertz CT molecular complexity index is 924. The van der Waals surface area contributed by atoms with Gasteiger partial charge in [-0.3, -0.25) is 4.98 Å². The van der Waals surface area contributed by atoms with E-state index in [9.17, 15) is 4.79 Å². The lowest BCUT2D eigenvalue weighted by Crippen LogP contribution is -2.01. The van der Waals surface area contributed by atoms with Crippen LogP contribution < -0.4 is 5.32 Å². The molecule has 5 heteroatoms. The third-order valence-electron chi connectivity index (χ3n) is 3.94. The number of aromatic nitrogens is 1. The first kappa shape index (κ1) is 14.1. The van der Waals surface area contributed by atoms with Crippen LogP contribution in [0.3, 0.4) is 0 Å². The number of hydrogen-bond acceptors (Lipinski definition) is 4. The summed E-state index contributed by atoms with van der Waals surface area (Å²) in [5.74, 6) is 0.923. The van der Waals surface area contributed by atoms with Crippen LogP contribution in [0.4, 0.5) is 11.4 Å².